The molecule has 0 fully saturated rings. The van der Waals surface area contributed by atoms with Gasteiger partial charge in [0, 0.05) is 24.7 Å². The molecule has 2 aromatic rings. The van der Waals surface area contributed by atoms with Crippen LogP contribution in [0.1, 0.15) is 31.4 Å². The number of hydrogen-bond acceptors (Lipinski definition) is 4. The summed E-state index contributed by atoms with van der Waals surface area (Å²) in [5, 5.41) is 3.12. The third-order valence-corrected chi connectivity index (χ3v) is 4.78. The molecule has 6 nitrogen and oxygen atoms in total. The maximum atomic E-state index is 6.05. The molecule has 0 atom stereocenters. The van der Waals surface area contributed by atoms with Gasteiger partial charge in [0.05, 0.1) is 19.8 Å². The van der Waals surface area contributed by atoms with Crippen LogP contribution >= 0.6 is 0 Å². The van der Waals surface area contributed by atoms with Gasteiger partial charge in [0.1, 0.15) is 0 Å². The summed E-state index contributed by atoms with van der Waals surface area (Å²) in [6.45, 7) is 9.34. The third-order valence-electron chi connectivity index (χ3n) is 4.78. The first-order chi connectivity index (χ1) is 13.7. The van der Waals surface area contributed by atoms with Crippen LogP contribution in [0, 0.1) is 0 Å². The van der Waals surface area contributed by atoms with Crippen LogP contribution in [0.5, 0.6) is 11.5 Å². The molecule has 0 amide bonds. The van der Waals surface area contributed by atoms with E-state index in [9.17, 15) is 0 Å². The molecule has 0 aliphatic carbocycles. The van der Waals surface area contributed by atoms with Crippen molar-refractivity contribution in [1.82, 2.24) is 4.90 Å². The summed E-state index contributed by atoms with van der Waals surface area (Å²) >= 11 is 0. The molecule has 0 spiro atoms. The summed E-state index contributed by atoms with van der Waals surface area (Å²) in [5.74, 6) is 1.88. The van der Waals surface area contributed by atoms with E-state index < -0.39 is 0 Å². The lowest BCUT2D eigenvalue weighted by atomic mass is 10.1. The smallest absolute Gasteiger partial charge is 0.193 e. The zero-order valence-electron chi connectivity index (χ0n) is 16.8. The Morgan fingerprint density at radius 2 is 1.68 bits per heavy atom. The molecule has 0 unspecified atom stereocenters. The van der Waals surface area contributed by atoms with Crippen molar-refractivity contribution in [1.29, 1.82) is 0 Å². The number of nitrogens with zero attached hydrogens (tertiary/aromatic N) is 2. The Morgan fingerprint density at radius 1 is 1.00 bits per heavy atom. The average Bonchev–Trinajstić information content (AvgIpc) is 2.96. The minimum Gasteiger partial charge on any atom is -0.490 e. The van der Waals surface area contributed by atoms with Crippen LogP contribution in [-0.2, 0) is 13.1 Å². The Bertz CT molecular complexity index is 786. The monoisotopic (exact) mass is 382 g/mol. The summed E-state index contributed by atoms with van der Waals surface area (Å²) in [6, 6.07) is 14.3. The van der Waals surface area contributed by atoms with Crippen LogP contribution in [0.4, 0.5) is 5.69 Å². The minimum atomic E-state index is 0.377. The normalized spacial score (nSPS) is 14.0. The first-order valence-corrected chi connectivity index (χ1v) is 9.94. The Morgan fingerprint density at radius 3 is 2.39 bits per heavy atom. The summed E-state index contributed by atoms with van der Waals surface area (Å²) < 4.78 is 11.3. The fraction of sp³-hybridized carbons (Fsp3) is 0.409. The van der Waals surface area contributed by atoms with E-state index in [4.69, 9.17) is 15.2 Å². The summed E-state index contributed by atoms with van der Waals surface area (Å²) in [7, 11) is 0. The molecular formula is C22H30N4O2. The lowest BCUT2D eigenvalue weighted by Gasteiger charge is -2.18. The molecule has 0 saturated carbocycles. The Kier molecular flexibility index (Phi) is 7.14. The maximum Gasteiger partial charge on any atom is 0.193 e. The fourth-order valence-corrected chi connectivity index (χ4v) is 3.06. The van der Waals surface area contributed by atoms with Gasteiger partial charge in [0.2, 0.25) is 0 Å². The molecule has 0 aromatic heterocycles. The highest BCUT2D eigenvalue weighted by Gasteiger charge is 2.10. The second-order valence-electron chi connectivity index (χ2n) is 6.82. The Balaban J connectivity index is 1.56. The molecule has 3 N–H and O–H groups in total. The van der Waals surface area contributed by atoms with Gasteiger partial charge < -0.3 is 20.5 Å². The zero-order valence-corrected chi connectivity index (χ0v) is 16.8. The van der Waals surface area contributed by atoms with Gasteiger partial charge in [-0.05, 0) is 36.3 Å². The molecule has 3 rings (SSSR count). The van der Waals surface area contributed by atoms with Crippen LogP contribution in [0.25, 0.3) is 0 Å². The number of nitrogens with two attached hydrogens (primary N) is 1. The van der Waals surface area contributed by atoms with E-state index in [1.165, 1.54) is 5.56 Å². The SMILES string of the molecule is CCN(CC)Cc1ccc(CN=C(N)Nc2ccc3c(c2)OCCCO3)cc1. The van der Waals surface area contributed by atoms with Gasteiger partial charge in [-0.1, -0.05) is 38.1 Å². The first-order valence-electron chi connectivity index (χ1n) is 9.94. The standard InChI is InChI=1S/C22H30N4O2/c1-3-26(4-2)16-18-8-6-17(7-9-18)15-24-22(23)25-19-10-11-20-21(14-19)28-13-5-12-27-20/h6-11,14H,3-5,12-13,15-16H2,1-2H3,(H3,23,24,25). The van der Waals surface area contributed by atoms with Crippen molar-refractivity contribution in [2.24, 2.45) is 10.7 Å². The van der Waals surface area contributed by atoms with Crippen LogP contribution in [0.3, 0.4) is 0 Å². The van der Waals surface area contributed by atoms with Crippen molar-refractivity contribution in [3.63, 3.8) is 0 Å². The van der Waals surface area contributed by atoms with Gasteiger partial charge in [-0.3, -0.25) is 4.90 Å². The van der Waals surface area contributed by atoms with E-state index in [2.05, 4.69) is 53.3 Å². The van der Waals surface area contributed by atoms with Crippen molar-refractivity contribution in [2.45, 2.75) is 33.4 Å². The number of anilines is 1. The molecule has 150 valence electrons. The van der Waals surface area contributed by atoms with E-state index >= 15 is 0 Å². The molecule has 1 aliphatic rings. The van der Waals surface area contributed by atoms with E-state index in [0.717, 1.165) is 48.8 Å². The van der Waals surface area contributed by atoms with Gasteiger partial charge in [-0.2, -0.15) is 0 Å². The molecule has 0 saturated heterocycles. The van der Waals surface area contributed by atoms with Crippen molar-refractivity contribution in [3.8, 4) is 11.5 Å². The first kappa shape index (κ1) is 20.0. The number of hydrogen-bond donors (Lipinski definition) is 2. The Hall–Kier alpha value is -2.73. The number of ether oxygens (including phenoxy) is 2. The number of rotatable bonds is 7. The molecule has 6 heteroatoms. The lowest BCUT2D eigenvalue weighted by molar-refractivity contribution is 0.296. The van der Waals surface area contributed by atoms with Crippen molar-refractivity contribution < 1.29 is 9.47 Å². The van der Waals surface area contributed by atoms with Crippen molar-refractivity contribution in [2.75, 3.05) is 31.6 Å². The molecule has 28 heavy (non-hydrogen) atoms. The largest absolute Gasteiger partial charge is 0.490 e. The highest BCUT2D eigenvalue weighted by molar-refractivity contribution is 5.92. The molecule has 1 aliphatic heterocycles. The summed E-state index contributed by atoms with van der Waals surface area (Å²) in [5.41, 5.74) is 9.33. The second-order valence-corrected chi connectivity index (χ2v) is 6.82. The third kappa shape index (κ3) is 5.63. The van der Waals surface area contributed by atoms with E-state index in [1.807, 2.05) is 18.2 Å². The van der Waals surface area contributed by atoms with E-state index in [-0.39, 0.29) is 0 Å². The average molecular weight is 383 g/mol. The minimum absolute atomic E-state index is 0.377. The fourth-order valence-electron chi connectivity index (χ4n) is 3.06. The summed E-state index contributed by atoms with van der Waals surface area (Å²) in [4.78, 5) is 6.84. The maximum absolute atomic E-state index is 6.05. The van der Waals surface area contributed by atoms with Gasteiger partial charge >= 0.3 is 0 Å². The quantitative estimate of drug-likeness (QED) is 0.565. The van der Waals surface area contributed by atoms with Crippen LogP contribution in [0.15, 0.2) is 47.5 Å². The predicted octanol–water partition coefficient (Wildman–Crippen LogP) is 3.62. The number of fused-ring (bicyclic) bond motifs is 1. The number of benzene rings is 2. The number of nitrogens with one attached hydrogen (secondary N) is 1. The molecule has 1 heterocycles. The van der Waals surface area contributed by atoms with Gasteiger partial charge in [-0.15, -0.1) is 0 Å². The second kappa shape index (κ2) is 9.99. The van der Waals surface area contributed by atoms with E-state index in [1.54, 1.807) is 0 Å². The van der Waals surface area contributed by atoms with Crippen molar-refractivity contribution in [3.05, 3.63) is 53.6 Å². The highest BCUT2D eigenvalue weighted by Crippen LogP contribution is 2.32. The van der Waals surface area contributed by atoms with Crippen molar-refractivity contribution >= 4 is 11.6 Å². The van der Waals surface area contributed by atoms with Gasteiger partial charge in [0.25, 0.3) is 0 Å². The van der Waals surface area contributed by atoms with Gasteiger partial charge in [0.15, 0.2) is 17.5 Å². The Labute approximate surface area is 167 Å². The molecule has 0 radical (unpaired) electrons. The van der Waals surface area contributed by atoms with E-state index in [0.29, 0.717) is 25.7 Å². The topological polar surface area (TPSA) is 72.1 Å². The summed E-state index contributed by atoms with van der Waals surface area (Å²) in [6.07, 6.45) is 0.884. The number of aliphatic imine (C=N–C) groups is 1. The lowest BCUT2D eigenvalue weighted by Crippen LogP contribution is -2.22. The molecular weight excluding hydrogens is 352 g/mol. The molecule has 2 aromatic carbocycles. The predicted molar refractivity (Wildman–Crippen MR) is 114 cm³/mol. The van der Waals surface area contributed by atoms with Crippen LogP contribution in [0.2, 0.25) is 0 Å². The number of guanidine groups is 1. The van der Waals surface area contributed by atoms with Gasteiger partial charge in [-0.25, -0.2) is 4.99 Å². The van der Waals surface area contributed by atoms with Crippen LogP contribution < -0.4 is 20.5 Å². The van der Waals surface area contributed by atoms with Crippen LogP contribution in [-0.4, -0.2) is 37.2 Å². The molecule has 0 bridgehead atoms. The zero-order chi connectivity index (χ0) is 19.8. The highest BCUT2D eigenvalue weighted by atomic mass is 16.5.